The first-order valence-corrected chi connectivity index (χ1v) is 3.56. The lowest BCUT2D eigenvalue weighted by molar-refractivity contribution is -0.160. The molecule has 0 bridgehead atoms. The smallest absolute Gasteiger partial charge is 0.327 e. The van der Waals surface area contributed by atoms with Crippen LogP contribution in [0, 0.1) is 0 Å². The van der Waals surface area contributed by atoms with Crippen LogP contribution in [0.25, 0.3) is 0 Å². The molecular weight excluding hydrogens is 157 g/mol. The van der Waals surface area contributed by atoms with Crippen molar-refractivity contribution in [2.45, 2.75) is 31.1 Å². The lowest BCUT2D eigenvalue weighted by Gasteiger charge is -2.28. The Kier molecular flexibility index (Phi) is 2.39. The minimum Gasteiger partial charge on any atom is -0.327 e. The van der Waals surface area contributed by atoms with Gasteiger partial charge < -0.3 is 11.1 Å². The summed E-state index contributed by atoms with van der Waals surface area (Å²) in [4.78, 5) is 0. The summed E-state index contributed by atoms with van der Waals surface area (Å²) in [6.07, 6.45) is -3.55. The summed E-state index contributed by atoms with van der Waals surface area (Å²) in [5, 5.41) is 2.36. The molecule has 2 atom stereocenters. The molecule has 11 heavy (non-hydrogen) atoms. The van der Waals surface area contributed by atoms with Crippen molar-refractivity contribution in [3.05, 3.63) is 0 Å². The van der Waals surface area contributed by atoms with E-state index < -0.39 is 12.2 Å². The van der Waals surface area contributed by atoms with Crippen LogP contribution in [0.3, 0.4) is 0 Å². The Morgan fingerprint density at radius 3 is 2.27 bits per heavy atom. The molecule has 3 N–H and O–H groups in total. The lowest BCUT2D eigenvalue weighted by Crippen LogP contribution is -2.51. The SMILES string of the molecule is N[C@H]1CC[C@@H](C(F)(F)F)NC1. The number of hydrogen-bond acceptors (Lipinski definition) is 2. The van der Waals surface area contributed by atoms with Crippen LogP contribution in [-0.4, -0.2) is 24.8 Å². The van der Waals surface area contributed by atoms with Gasteiger partial charge in [-0.3, -0.25) is 0 Å². The van der Waals surface area contributed by atoms with Gasteiger partial charge in [0.25, 0.3) is 0 Å². The Labute approximate surface area is 62.9 Å². The molecule has 5 heteroatoms. The first-order valence-electron chi connectivity index (χ1n) is 3.56. The van der Waals surface area contributed by atoms with Crippen LogP contribution in [-0.2, 0) is 0 Å². The fourth-order valence-electron chi connectivity index (χ4n) is 1.16. The van der Waals surface area contributed by atoms with Crippen molar-refractivity contribution in [1.29, 1.82) is 0 Å². The highest BCUT2D eigenvalue weighted by molar-refractivity contribution is 4.84. The zero-order chi connectivity index (χ0) is 8.48. The highest BCUT2D eigenvalue weighted by Crippen LogP contribution is 2.25. The van der Waals surface area contributed by atoms with Gasteiger partial charge in [0.15, 0.2) is 0 Å². The van der Waals surface area contributed by atoms with Gasteiger partial charge in [-0.2, -0.15) is 13.2 Å². The van der Waals surface area contributed by atoms with E-state index in [0.717, 1.165) is 0 Å². The Bertz CT molecular complexity index is 126. The molecule has 1 aliphatic rings. The van der Waals surface area contributed by atoms with Crippen LogP contribution < -0.4 is 11.1 Å². The maximum atomic E-state index is 12.0. The molecule has 0 aromatic rings. The van der Waals surface area contributed by atoms with E-state index in [-0.39, 0.29) is 19.0 Å². The van der Waals surface area contributed by atoms with Crippen molar-refractivity contribution in [2.24, 2.45) is 5.73 Å². The zero-order valence-electron chi connectivity index (χ0n) is 5.99. The first-order chi connectivity index (χ1) is 5.00. The monoisotopic (exact) mass is 168 g/mol. The van der Waals surface area contributed by atoms with Gasteiger partial charge >= 0.3 is 6.18 Å². The van der Waals surface area contributed by atoms with E-state index in [9.17, 15) is 13.2 Å². The van der Waals surface area contributed by atoms with Crippen molar-refractivity contribution < 1.29 is 13.2 Å². The van der Waals surface area contributed by atoms with E-state index in [1.807, 2.05) is 0 Å². The summed E-state index contributed by atoms with van der Waals surface area (Å²) in [5.41, 5.74) is 5.41. The number of hydrogen-bond donors (Lipinski definition) is 2. The van der Waals surface area contributed by atoms with Gasteiger partial charge in [0, 0.05) is 12.6 Å². The van der Waals surface area contributed by atoms with E-state index in [1.165, 1.54) is 0 Å². The third-order valence-electron chi connectivity index (χ3n) is 1.85. The molecule has 1 fully saturated rings. The summed E-state index contributed by atoms with van der Waals surface area (Å²) < 4.78 is 35.9. The number of nitrogens with two attached hydrogens (primary N) is 1. The fraction of sp³-hybridized carbons (Fsp3) is 1.00. The fourth-order valence-corrected chi connectivity index (χ4v) is 1.16. The van der Waals surface area contributed by atoms with E-state index in [0.29, 0.717) is 6.42 Å². The van der Waals surface area contributed by atoms with Crippen LogP contribution in [0.5, 0.6) is 0 Å². The quantitative estimate of drug-likeness (QED) is 0.556. The number of halogens is 3. The first kappa shape index (κ1) is 8.80. The summed E-state index contributed by atoms with van der Waals surface area (Å²) in [6.45, 7) is 0.268. The van der Waals surface area contributed by atoms with Crippen molar-refractivity contribution in [1.82, 2.24) is 5.32 Å². The molecule has 0 amide bonds. The molecule has 0 spiro atoms. The van der Waals surface area contributed by atoms with Gasteiger partial charge in [0.2, 0.25) is 0 Å². The zero-order valence-corrected chi connectivity index (χ0v) is 5.99. The molecule has 66 valence electrons. The lowest BCUT2D eigenvalue weighted by atomic mass is 10.0. The highest BCUT2D eigenvalue weighted by Gasteiger charge is 2.40. The summed E-state index contributed by atoms with van der Waals surface area (Å²) in [5.74, 6) is 0. The number of nitrogens with one attached hydrogen (secondary N) is 1. The highest BCUT2D eigenvalue weighted by atomic mass is 19.4. The van der Waals surface area contributed by atoms with E-state index >= 15 is 0 Å². The minimum absolute atomic E-state index is 0.102. The average molecular weight is 168 g/mol. The summed E-state index contributed by atoms with van der Waals surface area (Å²) in [6, 6.07) is -1.46. The standard InChI is InChI=1S/C6H11F3N2/c7-6(8,9)5-2-1-4(10)3-11-5/h4-5,11H,1-3,10H2/t4-,5-/m0/s1. The van der Waals surface area contributed by atoms with Crippen molar-refractivity contribution in [3.63, 3.8) is 0 Å². The second-order valence-electron chi connectivity index (χ2n) is 2.84. The Balaban J connectivity index is 2.39. The second kappa shape index (κ2) is 2.98. The predicted octanol–water partition coefficient (Wildman–Crippen LogP) is 0.628. The van der Waals surface area contributed by atoms with Crippen LogP contribution in [0.4, 0.5) is 13.2 Å². The third-order valence-corrected chi connectivity index (χ3v) is 1.85. The van der Waals surface area contributed by atoms with Gasteiger partial charge in [-0.25, -0.2) is 0 Å². The molecular formula is C6H11F3N2. The maximum absolute atomic E-state index is 12.0. The molecule has 2 nitrogen and oxygen atoms in total. The summed E-state index contributed by atoms with van der Waals surface area (Å²) >= 11 is 0. The molecule has 0 unspecified atom stereocenters. The van der Waals surface area contributed by atoms with Crippen molar-refractivity contribution in [3.8, 4) is 0 Å². The Hall–Kier alpha value is -0.290. The molecule has 0 aromatic carbocycles. The van der Waals surface area contributed by atoms with Gasteiger partial charge in [0.05, 0.1) is 0 Å². The molecule has 1 rings (SSSR count). The minimum atomic E-state index is -4.11. The number of rotatable bonds is 0. The van der Waals surface area contributed by atoms with Crippen molar-refractivity contribution in [2.75, 3.05) is 6.54 Å². The largest absolute Gasteiger partial charge is 0.403 e. The third kappa shape index (κ3) is 2.34. The van der Waals surface area contributed by atoms with Gasteiger partial charge in [0.1, 0.15) is 6.04 Å². The Morgan fingerprint density at radius 1 is 1.27 bits per heavy atom. The van der Waals surface area contributed by atoms with Gasteiger partial charge in [-0.15, -0.1) is 0 Å². The Morgan fingerprint density at radius 2 is 1.91 bits per heavy atom. The molecule has 0 aromatic heterocycles. The maximum Gasteiger partial charge on any atom is 0.403 e. The average Bonchev–Trinajstić information content (AvgIpc) is 1.86. The van der Waals surface area contributed by atoms with Crippen molar-refractivity contribution >= 4 is 0 Å². The van der Waals surface area contributed by atoms with E-state index in [4.69, 9.17) is 5.73 Å². The second-order valence-corrected chi connectivity index (χ2v) is 2.84. The molecule has 1 heterocycles. The topological polar surface area (TPSA) is 38.0 Å². The van der Waals surface area contributed by atoms with E-state index in [1.54, 1.807) is 0 Å². The number of piperidine rings is 1. The van der Waals surface area contributed by atoms with Crippen LogP contribution >= 0.6 is 0 Å². The van der Waals surface area contributed by atoms with E-state index in [2.05, 4.69) is 5.32 Å². The molecule has 0 radical (unpaired) electrons. The van der Waals surface area contributed by atoms with Gasteiger partial charge in [-0.05, 0) is 12.8 Å². The van der Waals surface area contributed by atoms with Crippen LogP contribution in [0.2, 0.25) is 0 Å². The number of alkyl halides is 3. The van der Waals surface area contributed by atoms with Gasteiger partial charge in [-0.1, -0.05) is 0 Å². The predicted molar refractivity (Wildman–Crippen MR) is 35.1 cm³/mol. The molecule has 0 saturated carbocycles. The molecule has 1 saturated heterocycles. The normalized spacial score (nSPS) is 33.8. The molecule has 0 aliphatic carbocycles. The van der Waals surface area contributed by atoms with Crippen LogP contribution in [0.15, 0.2) is 0 Å². The summed E-state index contributed by atoms with van der Waals surface area (Å²) in [7, 11) is 0. The molecule has 1 aliphatic heterocycles. The van der Waals surface area contributed by atoms with Crippen LogP contribution in [0.1, 0.15) is 12.8 Å².